The first kappa shape index (κ1) is 12.7. The number of rotatable bonds is 2. The Kier molecular flexibility index (Phi) is 3.33. The van der Waals surface area contributed by atoms with Crippen LogP contribution in [-0.2, 0) is 6.42 Å². The van der Waals surface area contributed by atoms with Crippen molar-refractivity contribution in [3.63, 3.8) is 0 Å². The zero-order chi connectivity index (χ0) is 13.4. The van der Waals surface area contributed by atoms with Crippen LogP contribution in [0.1, 0.15) is 24.2 Å². The lowest BCUT2D eigenvalue weighted by Gasteiger charge is -2.22. The minimum Gasteiger partial charge on any atom is -0.389 e. The molecule has 98 valence electrons. The Morgan fingerprint density at radius 2 is 1.95 bits per heavy atom. The van der Waals surface area contributed by atoms with Gasteiger partial charge in [-0.15, -0.1) is 0 Å². The van der Waals surface area contributed by atoms with Crippen molar-refractivity contribution < 1.29 is 5.11 Å². The van der Waals surface area contributed by atoms with Gasteiger partial charge in [0.05, 0.1) is 11.8 Å². The molecular formula is C16H16BrNO. The summed E-state index contributed by atoms with van der Waals surface area (Å²) in [6.45, 7) is 2.79. The van der Waals surface area contributed by atoms with Gasteiger partial charge in [0.1, 0.15) is 0 Å². The summed E-state index contributed by atoms with van der Waals surface area (Å²) in [6, 6.07) is 14.6. The highest BCUT2D eigenvalue weighted by Gasteiger charge is 2.21. The lowest BCUT2D eigenvalue weighted by molar-refractivity contribution is 0.199. The van der Waals surface area contributed by atoms with Crippen LogP contribution in [0.5, 0.6) is 0 Å². The van der Waals surface area contributed by atoms with Crippen molar-refractivity contribution in [2.75, 3.05) is 11.4 Å². The van der Waals surface area contributed by atoms with Gasteiger partial charge < -0.3 is 10.0 Å². The number of aliphatic hydroxyl groups is 1. The zero-order valence-electron chi connectivity index (χ0n) is 10.8. The Bertz CT molecular complexity index is 609. The van der Waals surface area contributed by atoms with E-state index < -0.39 is 6.10 Å². The predicted molar refractivity (Wildman–Crippen MR) is 81.9 cm³/mol. The van der Waals surface area contributed by atoms with Crippen LogP contribution in [0.2, 0.25) is 0 Å². The molecule has 3 rings (SSSR count). The van der Waals surface area contributed by atoms with Crippen molar-refractivity contribution in [3.8, 4) is 0 Å². The Morgan fingerprint density at radius 3 is 2.68 bits per heavy atom. The van der Waals surface area contributed by atoms with Gasteiger partial charge in [-0.2, -0.15) is 0 Å². The fourth-order valence-corrected chi connectivity index (χ4v) is 3.20. The third kappa shape index (κ3) is 2.28. The molecule has 2 aromatic carbocycles. The van der Waals surface area contributed by atoms with Gasteiger partial charge >= 0.3 is 0 Å². The molecule has 0 amide bonds. The Morgan fingerprint density at radius 1 is 1.16 bits per heavy atom. The average Bonchev–Trinajstić information content (AvgIpc) is 2.82. The number of benzene rings is 2. The lowest BCUT2D eigenvalue weighted by Crippen LogP contribution is -2.14. The van der Waals surface area contributed by atoms with E-state index in [1.165, 1.54) is 11.3 Å². The molecule has 0 fully saturated rings. The topological polar surface area (TPSA) is 23.5 Å². The van der Waals surface area contributed by atoms with Gasteiger partial charge in [0.25, 0.3) is 0 Å². The quantitative estimate of drug-likeness (QED) is 0.897. The summed E-state index contributed by atoms with van der Waals surface area (Å²) in [5, 5.41) is 9.63. The van der Waals surface area contributed by atoms with E-state index in [0.29, 0.717) is 0 Å². The summed E-state index contributed by atoms with van der Waals surface area (Å²) >= 11 is 3.62. The molecule has 2 nitrogen and oxygen atoms in total. The molecule has 0 bridgehead atoms. The maximum atomic E-state index is 9.63. The van der Waals surface area contributed by atoms with E-state index in [9.17, 15) is 5.11 Å². The minimum atomic E-state index is -0.434. The standard InChI is InChI=1S/C16H16BrNO/c1-11(19)13-6-7-16(14(17)10-13)18-9-8-12-4-2-3-5-15(12)18/h2-7,10-11,19H,8-9H2,1H3/t11-/m1/s1. The van der Waals surface area contributed by atoms with Crippen molar-refractivity contribution in [2.24, 2.45) is 0 Å². The second-order valence-corrected chi connectivity index (χ2v) is 5.77. The molecule has 1 aliphatic heterocycles. The summed E-state index contributed by atoms with van der Waals surface area (Å²) in [5.41, 5.74) is 4.78. The van der Waals surface area contributed by atoms with E-state index >= 15 is 0 Å². The number of hydrogen-bond acceptors (Lipinski definition) is 2. The van der Waals surface area contributed by atoms with E-state index in [1.54, 1.807) is 6.92 Å². The van der Waals surface area contributed by atoms with E-state index in [1.807, 2.05) is 12.1 Å². The van der Waals surface area contributed by atoms with Gasteiger partial charge in [0.15, 0.2) is 0 Å². The molecule has 0 saturated heterocycles. The van der Waals surface area contributed by atoms with Crippen LogP contribution in [0.15, 0.2) is 46.9 Å². The Labute approximate surface area is 121 Å². The molecule has 0 saturated carbocycles. The molecular weight excluding hydrogens is 302 g/mol. The summed E-state index contributed by atoms with van der Waals surface area (Å²) in [4.78, 5) is 2.32. The van der Waals surface area contributed by atoms with Crippen molar-refractivity contribution in [3.05, 3.63) is 58.1 Å². The molecule has 19 heavy (non-hydrogen) atoms. The highest BCUT2D eigenvalue weighted by Crippen LogP contribution is 2.38. The Hall–Kier alpha value is -1.32. The van der Waals surface area contributed by atoms with Crippen molar-refractivity contribution in [1.29, 1.82) is 0 Å². The van der Waals surface area contributed by atoms with Crippen LogP contribution in [0.4, 0.5) is 11.4 Å². The maximum Gasteiger partial charge on any atom is 0.0762 e. The van der Waals surface area contributed by atoms with Crippen molar-refractivity contribution in [2.45, 2.75) is 19.4 Å². The van der Waals surface area contributed by atoms with Crippen LogP contribution in [0, 0.1) is 0 Å². The van der Waals surface area contributed by atoms with Crippen LogP contribution in [0.3, 0.4) is 0 Å². The molecule has 1 atom stereocenters. The molecule has 1 N–H and O–H groups in total. The molecule has 3 heteroatoms. The molecule has 2 aromatic rings. The molecule has 0 radical (unpaired) electrons. The van der Waals surface area contributed by atoms with Gasteiger partial charge in [-0.3, -0.25) is 0 Å². The number of aliphatic hydroxyl groups excluding tert-OH is 1. The minimum absolute atomic E-state index is 0.434. The Balaban J connectivity index is 2.00. The van der Waals surface area contributed by atoms with Crippen LogP contribution >= 0.6 is 15.9 Å². The van der Waals surface area contributed by atoms with E-state index in [-0.39, 0.29) is 0 Å². The largest absolute Gasteiger partial charge is 0.389 e. The third-order valence-electron chi connectivity index (χ3n) is 3.63. The number of para-hydroxylation sites is 1. The molecule has 1 heterocycles. The van der Waals surface area contributed by atoms with E-state index in [4.69, 9.17) is 0 Å². The average molecular weight is 318 g/mol. The van der Waals surface area contributed by atoms with Crippen molar-refractivity contribution >= 4 is 27.3 Å². The summed E-state index contributed by atoms with van der Waals surface area (Å²) < 4.78 is 1.03. The fourth-order valence-electron chi connectivity index (χ4n) is 2.59. The molecule has 0 aromatic heterocycles. The second kappa shape index (κ2) is 4.99. The summed E-state index contributed by atoms with van der Waals surface area (Å²) in [6.07, 6.45) is 0.650. The molecule has 0 aliphatic carbocycles. The number of anilines is 2. The number of hydrogen-bond donors (Lipinski definition) is 1. The molecule has 0 unspecified atom stereocenters. The van der Waals surface area contributed by atoms with Crippen LogP contribution < -0.4 is 4.90 Å². The lowest BCUT2D eigenvalue weighted by atomic mass is 10.1. The number of fused-ring (bicyclic) bond motifs is 1. The number of nitrogens with zero attached hydrogens (tertiary/aromatic N) is 1. The van der Waals surface area contributed by atoms with Crippen LogP contribution in [-0.4, -0.2) is 11.7 Å². The first-order chi connectivity index (χ1) is 9.16. The SMILES string of the molecule is C[C@@H](O)c1ccc(N2CCc3ccccc32)c(Br)c1. The summed E-state index contributed by atoms with van der Waals surface area (Å²) in [5.74, 6) is 0. The van der Waals surface area contributed by atoms with E-state index in [2.05, 4.69) is 51.2 Å². The van der Waals surface area contributed by atoms with Gasteiger partial charge in [-0.25, -0.2) is 0 Å². The maximum absolute atomic E-state index is 9.63. The van der Waals surface area contributed by atoms with Gasteiger partial charge in [-0.1, -0.05) is 24.3 Å². The van der Waals surface area contributed by atoms with Gasteiger partial charge in [-0.05, 0) is 58.6 Å². The fraction of sp³-hybridized carbons (Fsp3) is 0.250. The first-order valence-corrected chi connectivity index (χ1v) is 7.29. The first-order valence-electron chi connectivity index (χ1n) is 6.50. The third-order valence-corrected chi connectivity index (χ3v) is 4.27. The molecule has 0 spiro atoms. The normalized spacial score (nSPS) is 15.4. The van der Waals surface area contributed by atoms with Crippen LogP contribution in [0.25, 0.3) is 0 Å². The highest BCUT2D eigenvalue weighted by molar-refractivity contribution is 9.10. The summed E-state index contributed by atoms with van der Waals surface area (Å²) in [7, 11) is 0. The smallest absolute Gasteiger partial charge is 0.0762 e. The zero-order valence-corrected chi connectivity index (χ0v) is 12.4. The van der Waals surface area contributed by atoms with E-state index in [0.717, 1.165) is 28.7 Å². The predicted octanol–water partition coefficient (Wildman–Crippen LogP) is 4.20. The number of halogens is 1. The molecule has 1 aliphatic rings. The highest BCUT2D eigenvalue weighted by atomic mass is 79.9. The van der Waals surface area contributed by atoms with Gasteiger partial charge in [0.2, 0.25) is 0 Å². The monoisotopic (exact) mass is 317 g/mol. The van der Waals surface area contributed by atoms with Crippen molar-refractivity contribution in [1.82, 2.24) is 0 Å². The second-order valence-electron chi connectivity index (χ2n) is 4.92. The van der Waals surface area contributed by atoms with Gasteiger partial charge in [0, 0.05) is 16.7 Å².